The fraction of sp³-hybridized carbons (Fsp3) is 0.571. The van der Waals surface area contributed by atoms with Crippen molar-refractivity contribution < 1.29 is 0 Å². The van der Waals surface area contributed by atoms with Gasteiger partial charge in [-0.15, -0.1) is 35.3 Å². The van der Waals surface area contributed by atoms with Gasteiger partial charge in [-0.3, -0.25) is 0 Å². The topological polar surface area (TPSA) is 116 Å². The van der Waals surface area contributed by atoms with Crippen molar-refractivity contribution in [1.82, 2.24) is 15.3 Å². The Balaban J connectivity index is 3.65. The lowest BCUT2D eigenvalue weighted by Gasteiger charge is -2.47. The molecule has 3 N–H and O–H groups in total. The Morgan fingerprint density at radius 2 is 1.88 bits per heavy atom. The van der Waals surface area contributed by atoms with E-state index in [4.69, 9.17) is 18.0 Å². The molecule has 0 radical (unpaired) electrons. The number of nitriles is 3. The Hall–Kier alpha value is -1.29. The van der Waals surface area contributed by atoms with Crippen molar-refractivity contribution in [1.29, 1.82) is 15.8 Å². The van der Waals surface area contributed by atoms with Gasteiger partial charge in [0.15, 0.2) is 15.2 Å². The number of nitrogens with one attached hydrogen (secondary N) is 1. The molecule has 11 heteroatoms. The highest BCUT2D eigenvalue weighted by Gasteiger charge is 2.55. The van der Waals surface area contributed by atoms with Crippen molar-refractivity contribution in [3.63, 3.8) is 0 Å². The molecular weight excluding hydrogens is 394 g/mol. The standard InChI is InChI=1S/C14H19N7S4/c1-5-19-13(22)20-11(18)10(8-17)12(23-2)21(20)14(24-3,25-4)9(6-15)7-16/h9,12H,5,18H2,1-4H3,(H,19,22). The van der Waals surface area contributed by atoms with Gasteiger partial charge in [-0.2, -0.15) is 20.8 Å². The van der Waals surface area contributed by atoms with Crippen LogP contribution in [-0.4, -0.2) is 50.0 Å². The van der Waals surface area contributed by atoms with Crippen LogP contribution in [-0.2, 0) is 0 Å². The maximum absolute atomic E-state index is 9.59. The Morgan fingerprint density at radius 3 is 2.24 bits per heavy atom. The summed E-state index contributed by atoms with van der Waals surface area (Å²) in [5.74, 6) is -0.750. The summed E-state index contributed by atoms with van der Waals surface area (Å²) in [6, 6.07) is 6.28. The lowest BCUT2D eigenvalue weighted by molar-refractivity contribution is 0.0614. The minimum Gasteiger partial charge on any atom is -0.383 e. The molecule has 1 aliphatic rings. The van der Waals surface area contributed by atoms with Crippen LogP contribution in [0.4, 0.5) is 0 Å². The molecule has 1 heterocycles. The van der Waals surface area contributed by atoms with Crippen molar-refractivity contribution in [3.05, 3.63) is 11.4 Å². The first-order valence-corrected chi connectivity index (χ1v) is 11.3. The molecule has 0 bridgehead atoms. The fourth-order valence-electron chi connectivity index (χ4n) is 2.48. The zero-order valence-electron chi connectivity index (χ0n) is 14.3. The van der Waals surface area contributed by atoms with E-state index in [9.17, 15) is 15.8 Å². The molecule has 1 aliphatic heterocycles. The van der Waals surface area contributed by atoms with Gasteiger partial charge in [-0.25, -0.2) is 5.01 Å². The Bertz CT molecular complexity index is 654. The smallest absolute Gasteiger partial charge is 0.189 e. The second-order valence-electron chi connectivity index (χ2n) is 4.72. The Kier molecular flexibility index (Phi) is 8.20. The van der Waals surface area contributed by atoms with E-state index in [0.717, 1.165) is 0 Å². The van der Waals surface area contributed by atoms with Crippen LogP contribution < -0.4 is 11.1 Å². The molecule has 0 saturated heterocycles. The van der Waals surface area contributed by atoms with Gasteiger partial charge in [-0.1, -0.05) is 0 Å². The van der Waals surface area contributed by atoms with Crippen LogP contribution >= 0.6 is 47.5 Å². The number of hydrazine groups is 1. The van der Waals surface area contributed by atoms with E-state index in [2.05, 4.69) is 23.5 Å². The first-order chi connectivity index (χ1) is 11.9. The second kappa shape index (κ2) is 9.42. The maximum atomic E-state index is 9.59. The summed E-state index contributed by atoms with van der Waals surface area (Å²) >= 11 is 9.56. The van der Waals surface area contributed by atoms with Crippen molar-refractivity contribution in [2.24, 2.45) is 11.7 Å². The minimum absolute atomic E-state index is 0.218. The van der Waals surface area contributed by atoms with Gasteiger partial charge in [0, 0.05) is 6.54 Å². The van der Waals surface area contributed by atoms with E-state index in [1.807, 2.05) is 25.7 Å². The SMILES string of the molecule is CCNC(=S)N1C(N)=C(C#N)C(SC)N1C(SC)(SC)C(C#N)C#N. The van der Waals surface area contributed by atoms with Crippen LogP contribution in [0, 0.1) is 39.9 Å². The van der Waals surface area contributed by atoms with Crippen LogP contribution in [0.5, 0.6) is 0 Å². The summed E-state index contributed by atoms with van der Waals surface area (Å²) in [5, 5.41) is 34.9. The summed E-state index contributed by atoms with van der Waals surface area (Å²) in [6.45, 7) is 2.47. The molecule has 7 nitrogen and oxygen atoms in total. The largest absolute Gasteiger partial charge is 0.383 e. The van der Waals surface area contributed by atoms with Crippen LogP contribution in [0.2, 0.25) is 0 Å². The highest BCUT2D eigenvalue weighted by Crippen LogP contribution is 2.51. The van der Waals surface area contributed by atoms with E-state index in [1.54, 1.807) is 10.0 Å². The van der Waals surface area contributed by atoms with Crippen molar-refractivity contribution in [2.45, 2.75) is 16.5 Å². The normalized spacial score (nSPS) is 18.0. The number of thiocarbonyl (C=S) groups is 1. The number of rotatable bonds is 6. The summed E-state index contributed by atoms with van der Waals surface area (Å²) in [6.07, 6.45) is 5.50. The average molecular weight is 414 g/mol. The molecular formula is C14H19N7S4. The third-order valence-corrected chi connectivity index (χ3v) is 7.79. The Morgan fingerprint density at radius 1 is 1.32 bits per heavy atom. The van der Waals surface area contributed by atoms with Crippen molar-refractivity contribution in [3.8, 4) is 18.2 Å². The van der Waals surface area contributed by atoms with Gasteiger partial charge in [0.2, 0.25) is 0 Å². The van der Waals surface area contributed by atoms with E-state index in [0.29, 0.717) is 17.2 Å². The predicted octanol–water partition coefficient (Wildman–Crippen LogP) is 1.84. The number of thioether (sulfide) groups is 3. The number of hydrogen-bond acceptors (Lipinski definition) is 9. The minimum atomic E-state index is -0.986. The summed E-state index contributed by atoms with van der Waals surface area (Å²) in [4.78, 5) is 0. The molecule has 1 rings (SSSR count). The molecule has 0 amide bonds. The third-order valence-electron chi connectivity index (χ3n) is 3.58. The molecule has 134 valence electrons. The van der Waals surface area contributed by atoms with Crippen LogP contribution in [0.1, 0.15) is 6.92 Å². The molecule has 0 aromatic heterocycles. The molecule has 0 fully saturated rings. The highest BCUT2D eigenvalue weighted by atomic mass is 32.2. The quantitative estimate of drug-likeness (QED) is 0.490. The van der Waals surface area contributed by atoms with E-state index in [1.165, 1.54) is 35.3 Å². The van der Waals surface area contributed by atoms with E-state index in [-0.39, 0.29) is 5.82 Å². The van der Waals surface area contributed by atoms with Gasteiger partial charge < -0.3 is 11.1 Å². The Labute approximate surface area is 166 Å². The average Bonchev–Trinajstić information content (AvgIpc) is 2.91. The molecule has 1 unspecified atom stereocenters. The molecule has 0 saturated carbocycles. The van der Waals surface area contributed by atoms with Gasteiger partial charge in [0.1, 0.15) is 22.8 Å². The van der Waals surface area contributed by atoms with Crippen molar-refractivity contribution >= 4 is 52.6 Å². The highest BCUT2D eigenvalue weighted by molar-refractivity contribution is 8.17. The second-order valence-corrected chi connectivity index (χ2v) is 8.35. The van der Waals surface area contributed by atoms with E-state index >= 15 is 0 Å². The first-order valence-electron chi connectivity index (χ1n) is 7.13. The van der Waals surface area contributed by atoms with E-state index < -0.39 is 15.5 Å². The van der Waals surface area contributed by atoms with Crippen LogP contribution in [0.15, 0.2) is 11.4 Å². The maximum Gasteiger partial charge on any atom is 0.189 e. The van der Waals surface area contributed by atoms with Crippen LogP contribution in [0.25, 0.3) is 0 Å². The van der Waals surface area contributed by atoms with Gasteiger partial charge >= 0.3 is 0 Å². The van der Waals surface area contributed by atoms with Gasteiger partial charge in [0.25, 0.3) is 0 Å². The van der Waals surface area contributed by atoms with Crippen LogP contribution in [0.3, 0.4) is 0 Å². The molecule has 0 aromatic rings. The number of nitrogens with two attached hydrogens (primary N) is 1. The monoisotopic (exact) mass is 413 g/mol. The summed E-state index contributed by atoms with van der Waals surface area (Å²) in [5.41, 5.74) is 6.58. The molecule has 0 spiro atoms. The zero-order valence-corrected chi connectivity index (χ0v) is 17.6. The molecule has 0 aromatic carbocycles. The number of hydrogen-bond donors (Lipinski definition) is 2. The molecule has 1 atom stereocenters. The lowest BCUT2D eigenvalue weighted by atomic mass is 10.2. The molecule has 25 heavy (non-hydrogen) atoms. The number of nitrogens with zero attached hydrogens (tertiary/aromatic N) is 5. The lowest BCUT2D eigenvalue weighted by Crippen LogP contribution is -2.60. The summed E-state index contributed by atoms with van der Waals surface area (Å²) in [7, 11) is 0. The van der Waals surface area contributed by atoms with Crippen molar-refractivity contribution in [2.75, 3.05) is 25.3 Å². The molecule has 0 aliphatic carbocycles. The first kappa shape index (κ1) is 21.8. The van der Waals surface area contributed by atoms with Gasteiger partial charge in [-0.05, 0) is 37.9 Å². The zero-order chi connectivity index (χ0) is 19.2. The predicted molar refractivity (Wildman–Crippen MR) is 109 cm³/mol. The van der Waals surface area contributed by atoms with Gasteiger partial charge in [0.05, 0.1) is 12.1 Å². The fourth-order valence-corrected chi connectivity index (χ4v) is 5.91. The third kappa shape index (κ3) is 3.64. The summed E-state index contributed by atoms with van der Waals surface area (Å²) < 4.78 is -0.986.